The summed E-state index contributed by atoms with van der Waals surface area (Å²) in [6.45, 7) is 0. The predicted octanol–water partition coefficient (Wildman–Crippen LogP) is 0.515. The van der Waals surface area contributed by atoms with Crippen LogP contribution in [0.5, 0.6) is 0 Å². The van der Waals surface area contributed by atoms with Crippen molar-refractivity contribution in [3.05, 3.63) is 11.9 Å². The summed E-state index contributed by atoms with van der Waals surface area (Å²) in [6, 6.07) is 0.282. The maximum Gasteiger partial charge on any atom is 0.184 e. The van der Waals surface area contributed by atoms with E-state index in [0.29, 0.717) is 18.0 Å². The summed E-state index contributed by atoms with van der Waals surface area (Å²) in [5, 5.41) is 7.56. The first-order valence-corrected chi connectivity index (χ1v) is 5.30. The standard InChI is InChI=1S/C10H16N4O/c1-14-6-9(12-13-14)10(15)5-7-2-3-8(11)4-7/h6-8H,2-5,11H2,1H3. The molecule has 0 spiro atoms. The lowest BCUT2D eigenvalue weighted by atomic mass is 9.99. The van der Waals surface area contributed by atoms with E-state index in [0.717, 1.165) is 19.3 Å². The zero-order chi connectivity index (χ0) is 10.8. The normalized spacial score (nSPS) is 25.7. The van der Waals surface area contributed by atoms with Crippen molar-refractivity contribution in [3.8, 4) is 0 Å². The number of hydrogen-bond acceptors (Lipinski definition) is 4. The van der Waals surface area contributed by atoms with E-state index in [1.54, 1.807) is 17.9 Å². The van der Waals surface area contributed by atoms with Crippen molar-refractivity contribution in [3.63, 3.8) is 0 Å². The van der Waals surface area contributed by atoms with Crippen LogP contribution in [0.15, 0.2) is 6.20 Å². The van der Waals surface area contributed by atoms with Crippen molar-refractivity contribution < 1.29 is 4.79 Å². The van der Waals surface area contributed by atoms with Gasteiger partial charge in [-0.1, -0.05) is 5.21 Å². The zero-order valence-electron chi connectivity index (χ0n) is 8.89. The molecule has 0 aliphatic heterocycles. The molecule has 82 valence electrons. The van der Waals surface area contributed by atoms with Gasteiger partial charge in [0.25, 0.3) is 0 Å². The number of carbonyl (C=O) groups is 1. The van der Waals surface area contributed by atoms with Crippen LogP contribution >= 0.6 is 0 Å². The van der Waals surface area contributed by atoms with Gasteiger partial charge in [-0.05, 0) is 25.2 Å². The van der Waals surface area contributed by atoms with Gasteiger partial charge in [-0.2, -0.15) is 0 Å². The van der Waals surface area contributed by atoms with Gasteiger partial charge < -0.3 is 5.73 Å². The van der Waals surface area contributed by atoms with E-state index in [1.807, 2.05) is 0 Å². The van der Waals surface area contributed by atoms with Crippen LogP contribution in [0.4, 0.5) is 0 Å². The maximum atomic E-state index is 11.8. The van der Waals surface area contributed by atoms with Gasteiger partial charge in [-0.25, -0.2) is 0 Å². The van der Waals surface area contributed by atoms with Crippen LogP contribution in [0.25, 0.3) is 0 Å². The van der Waals surface area contributed by atoms with Gasteiger partial charge in [-0.15, -0.1) is 5.10 Å². The molecule has 2 unspecified atom stereocenters. The molecule has 0 saturated heterocycles. The molecule has 2 atom stereocenters. The Morgan fingerprint density at radius 3 is 3.00 bits per heavy atom. The first kappa shape index (κ1) is 10.3. The maximum absolute atomic E-state index is 11.8. The predicted molar refractivity (Wildman–Crippen MR) is 55.3 cm³/mol. The third-order valence-corrected chi connectivity index (χ3v) is 2.94. The Bertz CT molecular complexity index is 360. The number of hydrogen-bond donors (Lipinski definition) is 1. The van der Waals surface area contributed by atoms with Crippen LogP contribution < -0.4 is 5.73 Å². The number of carbonyl (C=O) groups excluding carboxylic acids is 1. The number of ketones is 1. The molecular weight excluding hydrogens is 192 g/mol. The van der Waals surface area contributed by atoms with Gasteiger partial charge in [0.15, 0.2) is 5.78 Å². The fourth-order valence-electron chi connectivity index (χ4n) is 2.14. The number of aromatic nitrogens is 3. The van der Waals surface area contributed by atoms with Crippen molar-refractivity contribution in [1.29, 1.82) is 0 Å². The molecule has 0 aromatic carbocycles. The quantitative estimate of drug-likeness (QED) is 0.735. The molecule has 1 aliphatic rings. The molecule has 5 heteroatoms. The largest absolute Gasteiger partial charge is 0.328 e. The highest BCUT2D eigenvalue weighted by Gasteiger charge is 2.25. The summed E-state index contributed by atoms with van der Waals surface area (Å²) in [5.41, 5.74) is 6.27. The third kappa shape index (κ3) is 2.41. The van der Waals surface area contributed by atoms with Crippen LogP contribution in [0.3, 0.4) is 0 Å². The summed E-state index contributed by atoms with van der Waals surface area (Å²) in [6.07, 6.45) is 5.29. The number of nitrogens with zero attached hydrogens (tertiary/aromatic N) is 3. The van der Waals surface area contributed by atoms with Crippen LogP contribution in [0.2, 0.25) is 0 Å². The smallest absolute Gasteiger partial charge is 0.184 e. The summed E-state index contributed by atoms with van der Waals surface area (Å²) in [4.78, 5) is 11.8. The van der Waals surface area contributed by atoms with Gasteiger partial charge in [0, 0.05) is 19.5 Å². The van der Waals surface area contributed by atoms with Gasteiger partial charge in [0.05, 0.1) is 6.20 Å². The molecule has 1 aromatic rings. The molecule has 1 heterocycles. The lowest BCUT2D eigenvalue weighted by Gasteiger charge is -2.05. The molecular formula is C10H16N4O. The molecule has 1 saturated carbocycles. The van der Waals surface area contributed by atoms with Crippen molar-refractivity contribution in [2.75, 3.05) is 0 Å². The third-order valence-electron chi connectivity index (χ3n) is 2.94. The van der Waals surface area contributed by atoms with E-state index in [4.69, 9.17) is 5.73 Å². The summed E-state index contributed by atoms with van der Waals surface area (Å²) >= 11 is 0. The number of Topliss-reactive ketones (excluding diaryl/α,β-unsaturated/α-hetero) is 1. The lowest BCUT2D eigenvalue weighted by Crippen LogP contribution is -2.15. The Kier molecular flexibility index (Phi) is 2.81. The highest BCUT2D eigenvalue weighted by Crippen LogP contribution is 2.27. The van der Waals surface area contributed by atoms with E-state index in [9.17, 15) is 4.79 Å². The number of aryl methyl sites for hydroxylation is 1. The van der Waals surface area contributed by atoms with Crippen molar-refractivity contribution in [1.82, 2.24) is 15.0 Å². The second kappa shape index (κ2) is 4.10. The fraction of sp³-hybridized carbons (Fsp3) is 0.700. The van der Waals surface area contributed by atoms with Crippen molar-refractivity contribution in [2.24, 2.45) is 18.7 Å². The number of nitrogens with two attached hydrogens (primary N) is 1. The van der Waals surface area contributed by atoms with Crippen LogP contribution in [0, 0.1) is 5.92 Å². The Labute approximate surface area is 88.6 Å². The first-order chi connectivity index (χ1) is 7.15. The van der Waals surface area contributed by atoms with E-state index in [1.165, 1.54) is 0 Å². The number of rotatable bonds is 3. The molecule has 0 amide bonds. The highest BCUT2D eigenvalue weighted by atomic mass is 16.1. The van der Waals surface area contributed by atoms with Crippen molar-refractivity contribution in [2.45, 2.75) is 31.7 Å². The van der Waals surface area contributed by atoms with E-state index < -0.39 is 0 Å². The van der Waals surface area contributed by atoms with E-state index >= 15 is 0 Å². The first-order valence-electron chi connectivity index (χ1n) is 5.30. The highest BCUT2D eigenvalue weighted by molar-refractivity contribution is 5.93. The lowest BCUT2D eigenvalue weighted by molar-refractivity contribution is 0.0957. The minimum absolute atomic E-state index is 0.0854. The monoisotopic (exact) mass is 208 g/mol. The average Bonchev–Trinajstić information content (AvgIpc) is 2.75. The Morgan fingerprint density at radius 2 is 2.47 bits per heavy atom. The Hall–Kier alpha value is -1.23. The summed E-state index contributed by atoms with van der Waals surface area (Å²) < 4.78 is 1.55. The van der Waals surface area contributed by atoms with Crippen molar-refractivity contribution >= 4 is 5.78 Å². The Balaban J connectivity index is 1.92. The zero-order valence-corrected chi connectivity index (χ0v) is 8.89. The fourth-order valence-corrected chi connectivity index (χ4v) is 2.14. The Morgan fingerprint density at radius 1 is 1.67 bits per heavy atom. The van der Waals surface area contributed by atoms with Gasteiger partial charge >= 0.3 is 0 Å². The summed E-state index contributed by atoms with van der Waals surface area (Å²) in [5.74, 6) is 0.525. The minimum atomic E-state index is 0.0854. The molecule has 1 aromatic heterocycles. The molecule has 15 heavy (non-hydrogen) atoms. The topological polar surface area (TPSA) is 73.8 Å². The minimum Gasteiger partial charge on any atom is -0.328 e. The van der Waals surface area contributed by atoms with Gasteiger partial charge in [0.2, 0.25) is 0 Å². The molecule has 0 bridgehead atoms. The van der Waals surface area contributed by atoms with E-state index in [2.05, 4.69) is 10.3 Å². The van der Waals surface area contributed by atoms with Crippen LogP contribution in [-0.4, -0.2) is 26.8 Å². The molecule has 1 fully saturated rings. The molecule has 2 rings (SSSR count). The molecule has 2 N–H and O–H groups in total. The van der Waals surface area contributed by atoms with Crippen LogP contribution in [-0.2, 0) is 7.05 Å². The second-order valence-electron chi connectivity index (χ2n) is 4.34. The van der Waals surface area contributed by atoms with Crippen LogP contribution in [0.1, 0.15) is 36.2 Å². The average molecular weight is 208 g/mol. The van der Waals surface area contributed by atoms with Gasteiger partial charge in [0.1, 0.15) is 5.69 Å². The van der Waals surface area contributed by atoms with Gasteiger partial charge in [-0.3, -0.25) is 9.48 Å². The van der Waals surface area contributed by atoms with E-state index in [-0.39, 0.29) is 11.8 Å². The molecule has 0 radical (unpaired) electrons. The molecule has 5 nitrogen and oxygen atoms in total. The summed E-state index contributed by atoms with van der Waals surface area (Å²) in [7, 11) is 1.76. The molecule has 1 aliphatic carbocycles. The SMILES string of the molecule is Cn1cc(C(=O)CC2CCC(N)C2)nn1. The second-order valence-corrected chi connectivity index (χ2v) is 4.34.